The lowest BCUT2D eigenvalue weighted by atomic mass is 10.1. The predicted molar refractivity (Wildman–Crippen MR) is 111 cm³/mol. The van der Waals surface area contributed by atoms with E-state index in [9.17, 15) is 4.79 Å². The predicted octanol–water partition coefficient (Wildman–Crippen LogP) is 5.45. The van der Waals surface area contributed by atoms with Gasteiger partial charge in [0.15, 0.2) is 0 Å². The summed E-state index contributed by atoms with van der Waals surface area (Å²) in [7, 11) is 0. The Morgan fingerprint density at radius 3 is 2.50 bits per heavy atom. The van der Waals surface area contributed by atoms with Crippen LogP contribution in [0.2, 0.25) is 0 Å². The number of carbonyl (C=O) groups is 1. The highest BCUT2D eigenvalue weighted by atomic mass is 32.2. The van der Waals surface area contributed by atoms with Crippen LogP contribution in [0.4, 0.5) is 5.69 Å². The van der Waals surface area contributed by atoms with Gasteiger partial charge in [0, 0.05) is 11.1 Å². The lowest BCUT2D eigenvalue weighted by Gasteiger charge is -2.11. The van der Waals surface area contributed by atoms with Gasteiger partial charge in [-0.1, -0.05) is 48.5 Å². The number of benzene rings is 2. The van der Waals surface area contributed by atoms with E-state index < -0.39 is 0 Å². The van der Waals surface area contributed by atoms with E-state index in [2.05, 4.69) is 49.5 Å². The average molecular weight is 365 g/mol. The number of anilines is 1. The second-order valence-corrected chi connectivity index (χ2v) is 7.62. The van der Waals surface area contributed by atoms with Crippen LogP contribution in [0.1, 0.15) is 29.2 Å². The Labute approximate surface area is 159 Å². The fourth-order valence-electron chi connectivity index (χ4n) is 2.96. The van der Waals surface area contributed by atoms with Crippen molar-refractivity contribution in [3.8, 4) is 0 Å². The number of thioether (sulfide) groups is 1. The van der Waals surface area contributed by atoms with Gasteiger partial charge in [-0.15, -0.1) is 0 Å². The summed E-state index contributed by atoms with van der Waals surface area (Å²) in [5.41, 5.74) is 6.51. The second kappa shape index (κ2) is 7.92. The maximum atomic E-state index is 12.4. The highest BCUT2D eigenvalue weighted by molar-refractivity contribution is 8.00. The quantitative estimate of drug-likeness (QED) is 0.612. The lowest BCUT2D eigenvalue weighted by Crippen LogP contribution is -2.15. The molecule has 0 aliphatic rings. The number of nitrogens with zero attached hydrogens (tertiary/aromatic N) is 1. The van der Waals surface area contributed by atoms with Crippen molar-refractivity contribution in [1.29, 1.82) is 0 Å². The third-order valence-electron chi connectivity index (χ3n) is 4.39. The zero-order valence-corrected chi connectivity index (χ0v) is 16.5. The minimum absolute atomic E-state index is 0.00450. The fraction of sp³-hybridized carbons (Fsp3) is 0.273. The Hall–Kier alpha value is -2.33. The summed E-state index contributed by atoms with van der Waals surface area (Å²) in [4.78, 5) is 17.2. The van der Waals surface area contributed by atoms with E-state index in [1.54, 1.807) is 0 Å². The Morgan fingerprint density at radius 2 is 1.77 bits per heavy atom. The molecule has 0 saturated carbocycles. The van der Waals surface area contributed by atoms with Gasteiger partial charge in [-0.2, -0.15) is 0 Å². The first-order valence-corrected chi connectivity index (χ1v) is 9.85. The van der Waals surface area contributed by atoms with E-state index in [1.165, 1.54) is 28.5 Å². The van der Waals surface area contributed by atoms with Gasteiger partial charge >= 0.3 is 0 Å². The smallest absolute Gasteiger partial charge is 0.234 e. The Balaban J connectivity index is 1.74. The number of amides is 1. The molecule has 0 spiro atoms. The van der Waals surface area contributed by atoms with Gasteiger partial charge in [0.05, 0.1) is 11.3 Å². The Morgan fingerprint density at radius 1 is 1.04 bits per heavy atom. The minimum atomic E-state index is -0.00450. The summed E-state index contributed by atoms with van der Waals surface area (Å²) in [6.07, 6.45) is 0.901. The first-order valence-electron chi connectivity index (χ1n) is 8.86. The van der Waals surface area contributed by atoms with Crippen LogP contribution >= 0.6 is 11.8 Å². The summed E-state index contributed by atoms with van der Waals surface area (Å²) in [6.45, 7) is 8.25. The lowest BCUT2D eigenvalue weighted by molar-refractivity contribution is -0.113. The van der Waals surface area contributed by atoms with Crippen LogP contribution in [-0.4, -0.2) is 16.6 Å². The normalized spacial score (nSPS) is 10.9. The molecule has 4 heteroatoms. The average Bonchev–Trinajstić information content (AvgIpc) is 2.61. The third kappa shape index (κ3) is 4.25. The molecule has 3 rings (SSSR count). The minimum Gasteiger partial charge on any atom is -0.325 e. The van der Waals surface area contributed by atoms with Crippen molar-refractivity contribution >= 4 is 34.3 Å². The van der Waals surface area contributed by atoms with Gasteiger partial charge in [0.25, 0.3) is 0 Å². The van der Waals surface area contributed by atoms with Gasteiger partial charge in [0.1, 0.15) is 5.03 Å². The van der Waals surface area contributed by atoms with E-state index in [1.807, 2.05) is 26.0 Å². The van der Waals surface area contributed by atoms with Crippen molar-refractivity contribution in [2.24, 2.45) is 0 Å². The maximum Gasteiger partial charge on any atom is 0.234 e. The van der Waals surface area contributed by atoms with Crippen molar-refractivity contribution in [3.05, 3.63) is 64.7 Å². The summed E-state index contributed by atoms with van der Waals surface area (Å²) in [5, 5.41) is 5.10. The molecule has 1 amide bonds. The molecule has 0 fully saturated rings. The molecule has 3 nitrogen and oxygen atoms in total. The van der Waals surface area contributed by atoms with Crippen molar-refractivity contribution < 1.29 is 4.79 Å². The van der Waals surface area contributed by atoms with Gasteiger partial charge < -0.3 is 5.32 Å². The zero-order valence-electron chi connectivity index (χ0n) is 15.7. The zero-order chi connectivity index (χ0) is 18.7. The van der Waals surface area contributed by atoms with Crippen LogP contribution in [0.5, 0.6) is 0 Å². The van der Waals surface area contributed by atoms with Crippen LogP contribution in [0.25, 0.3) is 10.9 Å². The van der Waals surface area contributed by atoms with Gasteiger partial charge in [-0.05, 0) is 62.1 Å². The maximum absolute atomic E-state index is 12.4. The van der Waals surface area contributed by atoms with Crippen LogP contribution in [0, 0.1) is 20.8 Å². The highest BCUT2D eigenvalue weighted by Gasteiger charge is 2.11. The molecule has 3 aromatic rings. The number of hydrogen-bond acceptors (Lipinski definition) is 3. The summed E-state index contributed by atoms with van der Waals surface area (Å²) in [6, 6.07) is 14.5. The molecule has 0 atom stereocenters. The molecule has 0 radical (unpaired) electrons. The molecule has 0 unspecified atom stereocenters. The Kier molecular flexibility index (Phi) is 5.62. The van der Waals surface area contributed by atoms with Crippen molar-refractivity contribution in [2.75, 3.05) is 11.1 Å². The van der Waals surface area contributed by atoms with Gasteiger partial charge in [-0.3, -0.25) is 4.79 Å². The number of fused-ring (bicyclic) bond motifs is 1. The van der Waals surface area contributed by atoms with Crippen LogP contribution < -0.4 is 5.32 Å². The number of pyridine rings is 1. The van der Waals surface area contributed by atoms with Crippen molar-refractivity contribution in [3.63, 3.8) is 0 Å². The molecule has 134 valence electrons. The standard InChI is InChI=1S/C22H24N2OS/c1-5-17-12-18-8-6-15(3)11-20(18)24-22(17)26-13-21(25)23-19-9-7-14(2)10-16(19)4/h6-12H,5,13H2,1-4H3,(H,23,25). The SMILES string of the molecule is CCc1cc2ccc(C)cc2nc1SCC(=O)Nc1ccc(C)cc1C. The molecule has 0 saturated heterocycles. The number of nitrogens with one attached hydrogen (secondary N) is 1. The van der Waals surface area contributed by atoms with Crippen LogP contribution in [0.15, 0.2) is 47.5 Å². The Bertz CT molecular complexity index is 966. The number of aryl methyl sites for hydroxylation is 4. The van der Waals surface area contributed by atoms with Crippen molar-refractivity contribution in [2.45, 2.75) is 39.1 Å². The van der Waals surface area contributed by atoms with Crippen molar-refractivity contribution in [1.82, 2.24) is 4.98 Å². The summed E-state index contributed by atoms with van der Waals surface area (Å²) >= 11 is 1.51. The molecule has 0 aliphatic heterocycles. The van der Waals surface area contributed by atoms with E-state index in [4.69, 9.17) is 4.98 Å². The third-order valence-corrected chi connectivity index (χ3v) is 5.42. The van der Waals surface area contributed by atoms with E-state index in [0.717, 1.165) is 33.6 Å². The topological polar surface area (TPSA) is 42.0 Å². The fourth-order valence-corrected chi connectivity index (χ4v) is 3.85. The largest absolute Gasteiger partial charge is 0.325 e. The molecular weight excluding hydrogens is 340 g/mol. The molecule has 1 heterocycles. The molecule has 26 heavy (non-hydrogen) atoms. The van der Waals surface area contributed by atoms with E-state index >= 15 is 0 Å². The summed E-state index contributed by atoms with van der Waals surface area (Å²) in [5.74, 6) is 0.347. The summed E-state index contributed by atoms with van der Waals surface area (Å²) < 4.78 is 0. The van der Waals surface area contributed by atoms with Gasteiger partial charge in [-0.25, -0.2) is 4.98 Å². The number of hydrogen-bond donors (Lipinski definition) is 1. The van der Waals surface area contributed by atoms with E-state index in [-0.39, 0.29) is 5.91 Å². The highest BCUT2D eigenvalue weighted by Crippen LogP contribution is 2.26. The molecular formula is C22H24N2OS. The van der Waals surface area contributed by atoms with Gasteiger partial charge in [0.2, 0.25) is 5.91 Å². The molecule has 1 N–H and O–H groups in total. The van der Waals surface area contributed by atoms with Crippen LogP contribution in [0.3, 0.4) is 0 Å². The first kappa shape index (κ1) is 18.5. The number of aromatic nitrogens is 1. The molecule has 0 aliphatic carbocycles. The molecule has 0 bridgehead atoms. The molecule has 2 aromatic carbocycles. The number of rotatable bonds is 5. The monoisotopic (exact) mass is 364 g/mol. The van der Waals surface area contributed by atoms with Crippen LogP contribution in [-0.2, 0) is 11.2 Å². The second-order valence-electron chi connectivity index (χ2n) is 6.66. The first-order chi connectivity index (χ1) is 12.5. The van der Waals surface area contributed by atoms with E-state index in [0.29, 0.717) is 5.75 Å². The number of carbonyl (C=O) groups excluding carboxylic acids is 1. The molecule has 1 aromatic heterocycles.